The van der Waals surface area contributed by atoms with Gasteiger partial charge in [-0.05, 0) is 33.7 Å². The van der Waals surface area contributed by atoms with E-state index in [9.17, 15) is 0 Å². The fraction of sp³-hybridized carbons (Fsp3) is 0.938. The molecule has 1 aliphatic heterocycles. The van der Waals surface area contributed by atoms with Crippen LogP contribution in [-0.4, -0.2) is 74.8 Å². The zero-order chi connectivity index (χ0) is 15.7. The SMILES string of the molecule is CCNC(=NCCN(CC)C(C)C)N(C)CC1CCOC1.I. The molecule has 22 heavy (non-hydrogen) atoms. The molecule has 1 fully saturated rings. The highest BCUT2D eigenvalue weighted by atomic mass is 127. The van der Waals surface area contributed by atoms with E-state index >= 15 is 0 Å². The molecule has 0 amide bonds. The first-order valence-corrected chi connectivity index (χ1v) is 8.39. The van der Waals surface area contributed by atoms with Crippen LogP contribution in [0.2, 0.25) is 0 Å². The molecule has 0 aromatic rings. The average Bonchev–Trinajstić information content (AvgIpc) is 2.94. The van der Waals surface area contributed by atoms with Gasteiger partial charge < -0.3 is 15.0 Å². The average molecular weight is 426 g/mol. The molecular formula is C16H35IN4O. The van der Waals surface area contributed by atoms with Gasteiger partial charge in [0.15, 0.2) is 5.96 Å². The van der Waals surface area contributed by atoms with Gasteiger partial charge in [0, 0.05) is 45.2 Å². The molecule has 0 aromatic heterocycles. The molecule has 6 heteroatoms. The number of rotatable bonds is 8. The van der Waals surface area contributed by atoms with E-state index in [1.165, 1.54) is 6.42 Å². The Morgan fingerprint density at radius 1 is 1.36 bits per heavy atom. The van der Waals surface area contributed by atoms with Crippen LogP contribution in [0.15, 0.2) is 4.99 Å². The highest BCUT2D eigenvalue weighted by molar-refractivity contribution is 14.0. The van der Waals surface area contributed by atoms with Crippen molar-refractivity contribution in [3.63, 3.8) is 0 Å². The van der Waals surface area contributed by atoms with E-state index in [4.69, 9.17) is 9.73 Å². The lowest BCUT2D eigenvalue weighted by Gasteiger charge is -2.26. The monoisotopic (exact) mass is 426 g/mol. The number of hydrogen-bond donors (Lipinski definition) is 1. The molecule has 0 aromatic carbocycles. The van der Waals surface area contributed by atoms with Gasteiger partial charge >= 0.3 is 0 Å². The van der Waals surface area contributed by atoms with Crippen molar-refractivity contribution in [1.29, 1.82) is 0 Å². The van der Waals surface area contributed by atoms with E-state index in [1.54, 1.807) is 0 Å². The molecule has 1 saturated heterocycles. The Balaban J connectivity index is 0.00000441. The van der Waals surface area contributed by atoms with Crippen molar-refractivity contribution in [2.75, 3.05) is 53.0 Å². The van der Waals surface area contributed by atoms with Gasteiger partial charge in [0.1, 0.15) is 0 Å². The predicted molar refractivity (Wildman–Crippen MR) is 105 cm³/mol. The third kappa shape index (κ3) is 7.97. The molecule has 0 spiro atoms. The minimum Gasteiger partial charge on any atom is -0.381 e. The second kappa shape index (κ2) is 12.4. The number of guanidine groups is 1. The van der Waals surface area contributed by atoms with Crippen LogP contribution < -0.4 is 5.32 Å². The zero-order valence-electron chi connectivity index (χ0n) is 15.0. The van der Waals surface area contributed by atoms with E-state index in [0.29, 0.717) is 12.0 Å². The van der Waals surface area contributed by atoms with Gasteiger partial charge in [-0.15, -0.1) is 24.0 Å². The Kier molecular flexibility index (Phi) is 12.3. The zero-order valence-corrected chi connectivity index (χ0v) is 17.3. The Bertz CT molecular complexity index is 307. The highest BCUT2D eigenvalue weighted by Crippen LogP contribution is 2.13. The lowest BCUT2D eigenvalue weighted by Crippen LogP contribution is -2.42. The van der Waals surface area contributed by atoms with Crippen LogP contribution in [0.3, 0.4) is 0 Å². The minimum atomic E-state index is 0. The molecular weight excluding hydrogens is 391 g/mol. The third-order valence-corrected chi connectivity index (χ3v) is 4.04. The van der Waals surface area contributed by atoms with Gasteiger partial charge in [0.2, 0.25) is 0 Å². The lowest BCUT2D eigenvalue weighted by molar-refractivity contribution is 0.181. The largest absolute Gasteiger partial charge is 0.381 e. The highest BCUT2D eigenvalue weighted by Gasteiger charge is 2.19. The molecule has 1 atom stereocenters. The van der Waals surface area contributed by atoms with Gasteiger partial charge in [-0.1, -0.05) is 6.92 Å². The third-order valence-electron chi connectivity index (χ3n) is 4.04. The maximum atomic E-state index is 5.46. The Morgan fingerprint density at radius 2 is 2.09 bits per heavy atom. The molecule has 1 heterocycles. The molecule has 0 bridgehead atoms. The smallest absolute Gasteiger partial charge is 0.193 e. The van der Waals surface area contributed by atoms with Crippen molar-refractivity contribution in [1.82, 2.24) is 15.1 Å². The summed E-state index contributed by atoms with van der Waals surface area (Å²) >= 11 is 0. The predicted octanol–water partition coefficient (Wildman–Crippen LogP) is 2.27. The molecule has 132 valence electrons. The van der Waals surface area contributed by atoms with Gasteiger partial charge in [-0.3, -0.25) is 9.89 Å². The first kappa shape index (κ1) is 21.9. The first-order chi connectivity index (χ1) is 10.1. The number of hydrogen-bond acceptors (Lipinski definition) is 3. The van der Waals surface area contributed by atoms with Gasteiger partial charge in [0.25, 0.3) is 0 Å². The van der Waals surface area contributed by atoms with Crippen molar-refractivity contribution < 1.29 is 4.74 Å². The van der Waals surface area contributed by atoms with Crippen LogP contribution in [0.4, 0.5) is 0 Å². The summed E-state index contributed by atoms with van der Waals surface area (Å²) < 4.78 is 5.46. The molecule has 0 aliphatic carbocycles. The first-order valence-electron chi connectivity index (χ1n) is 8.39. The van der Waals surface area contributed by atoms with Crippen LogP contribution in [0.25, 0.3) is 0 Å². The summed E-state index contributed by atoms with van der Waals surface area (Å²) in [6.07, 6.45) is 1.17. The van der Waals surface area contributed by atoms with Crippen LogP contribution >= 0.6 is 24.0 Å². The number of halogens is 1. The maximum absolute atomic E-state index is 5.46. The normalized spacial score (nSPS) is 18.7. The van der Waals surface area contributed by atoms with Gasteiger partial charge in [0.05, 0.1) is 13.2 Å². The van der Waals surface area contributed by atoms with Crippen molar-refractivity contribution in [3.8, 4) is 0 Å². The maximum Gasteiger partial charge on any atom is 0.193 e. The summed E-state index contributed by atoms with van der Waals surface area (Å²) in [5, 5.41) is 3.39. The number of ether oxygens (including phenoxy) is 1. The summed E-state index contributed by atoms with van der Waals surface area (Å²) in [4.78, 5) is 9.46. The molecule has 0 saturated carbocycles. The van der Waals surface area contributed by atoms with Crippen molar-refractivity contribution in [3.05, 3.63) is 0 Å². The van der Waals surface area contributed by atoms with E-state index in [2.05, 4.69) is 49.9 Å². The molecule has 1 rings (SSSR count). The number of aliphatic imine (C=N–C) groups is 1. The van der Waals surface area contributed by atoms with E-state index in [0.717, 1.165) is 51.9 Å². The fourth-order valence-electron chi connectivity index (χ4n) is 2.74. The Labute approximate surface area is 153 Å². The van der Waals surface area contributed by atoms with E-state index in [-0.39, 0.29) is 24.0 Å². The molecule has 1 aliphatic rings. The Morgan fingerprint density at radius 3 is 2.59 bits per heavy atom. The number of nitrogens with one attached hydrogen (secondary N) is 1. The molecule has 0 radical (unpaired) electrons. The summed E-state index contributed by atoms with van der Waals surface area (Å²) in [5.74, 6) is 1.66. The van der Waals surface area contributed by atoms with E-state index in [1.807, 2.05) is 0 Å². The van der Waals surface area contributed by atoms with E-state index < -0.39 is 0 Å². The summed E-state index contributed by atoms with van der Waals surface area (Å²) in [6.45, 7) is 15.5. The number of likely N-dealkylation sites (N-methyl/N-ethyl adjacent to an activating group) is 1. The topological polar surface area (TPSA) is 40.1 Å². The molecule has 1 unspecified atom stereocenters. The van der Waals surface area contributed by atoms with Gasteiger partial charge in [-0.2, -0.15) is 0 Å². The standard InChI is InChI=1S/C16H34N4O.HI/c1-6-17-16(18-9-10-20(7-2)14(3)4)19(5)12-15-8-11-21-13-15;/h14-15H,6-13H2,1-5H3,(H,17,18);1H. The molecule has 1 N–H and O–H groups in total. The van der Waals surface area contributed by atoms with Crippen molar-refractivity contribution in [2.24, 2.45) is 10.9 Å². The summed E-state index contributed by atoms with van der Waals surface area (Å²) in [7, 11) is 2.12. The Hall–Kier alpha value is -0.0800. The van der Waals surface area contributed by atoms with Gasteiger partial charge in [-0.25, -0.2) is 0 Å². The van der Waals surface area contributed by atoms with Crippen LogP contribution in [0, 0.1) is 5.92 Å². The van der Waals surface area contributed by atoms with Crippen LogP contribution in [0.5, 0.6) is 0 Å². The lowest BCUT2D eigenvalue weighted by atomic mass is 10.1. The van der Waals surface area contributed by atoms with Crippen LogP contribution in [-0.2, 0) is 4.74 Å². The second-order valence-corrected chi connectivity index (χ2v) is 6.07. The van der Waals surface area contributed by atoms with Crippen molar-refractivity contribution >= 4 is 29.9 Å². The number of nitrogens with zero attached hydrogens (tertiary/aromatic N) is 3. The van der Waals surface area contributed by atoms with Crippen LogP contribution in [0.1, 0.15) is 34.1 Å². The minimum absolute atomic E-state index is 0. The molecule has 5 nitrogen and oxygen atoms in total. The summed E-state index contributed by atoms with van der Waals surface area (Å²) in [5.41, 5.74) is 0. The fourth-order valence-corrected chi connectivity index (χ4v) is 2.74. The second-order valence-electron chi connectivity index (χ2n) is 6.07. The van der Waals surface area contributed by atoms with Crippen molar-refractivity contribution in [2.45, 2.75) is 40.2 Å². The summed E-state index contributed by atoms with van der Waals surface area (Å²) in [6, 6.07) is 0.584. The quantitative estimate of drug-likeness (QED) is 0.367.